The van der Waals surface area contributed by atoms with Crippen LogP contribution in [0.4, 0.5) is 10.1 Å². The van der Waals surface area contributed by atoms with Crippen molar-refractivity contribution in [1.29, 1.82) is 0 Å². The van der Waals surface area contributed by atoms with Gasteiger partial charge in [0.1, 0.15) is 5.82 Å². The van der Waals surface area contributed by atoms with E-state index in [1.807, 2.05) is 13.8 Å². The van der Waals surface area contributed by atoms with E-state index in [2.05, 4.69) is 5.32 Å². The van der Waals surface area contributed by atoms with E-state index in [0.29, 0.717) is 17.9 Å². The molecule has 1 amide bonds. The summed E-state index contributed by atoms with van der Waals surface area (Å²) in [5, 5.41) is 2.54. The van der Waals surface area contributed by atoms with Crippen LogP contribution in [0.15, 0.2) is 18.2 Å². The zero-order chi connectivity index (χ0) is 13.0. The van der Waals surface area contributed by atoms with E-state index >= 15 is 0 Å². The number of aryl methyl sites for hydroxylation is 1. The number of anilines is 1. The Labute approximate surface area is 101 Å². The number of halogens is 1. The Kier molecular flexibility index (Phi) is 4.63. The van der Waals surface area contributed by atoms with E-state index < -0.39 is 11.9 Å². The second-order valence-electron chi connectivity index (χ2n) is 4.66. The molecule has 0 radical (unpaired) electrons. The highest BCUT2D eigenvalue weighted by Crippen LogP contribution is 2.19. The Morgan fingerprint density at radius 2 is 2.12 bits per heavy atom. The first-order chi connectivity index (χ1) is 7.91. The molecule has 3 N–H and O–H groups in total. The van der Waals surface area contributed by atoms with E-state index in [1.54, 1.807) is 19.1 Å². The van der Waals surface area contributed by atoms with E-state index in [1.165, 1.54) is 6.07 Å². The molecule has 3 nitrogen and oxygen atoms in total. The molecule has 1 aromatic carbocycles. The number of hydrogen-bond acceptors (Lipinski definition) is 2. The van der Waals surface area contributed by atoms with Crippen molar-refractivity contribution in [2.45, 2.75) is 33.2 Å². The minimum absolute atomic E-state index is 0.219. The summed E-state index contributed by atoms with van der Waals surface area (Å²) in [6.07, 6.45) is 0.583. The highest BCUT2D eigenvalue weighted by Gasteiger charge is 2.17. The maximum absolute atomic E-state index is 13.5. The standard InChI is InChI=1S/C13H19FN2O/c1-8(2)7-11(15)13(17)16-12-9(3)5-4-6-10(12)14/h4-6,8,11H,7,15H2,1-3H3,(H,16,17)/t11-/m0/s1. The van der Waals surface area contributed by atoms with Crippen LogP contribution >= 0.6 is 0 Å². The van der Waals surface area contributed by atoms with Gasteiger partial charge in [0.25, 0.3) is 0 Å². The van der Waals surface area contributed by atoms with Gasteiger partial charge in [0.05, 0.1) is 11.7 Å². The Morgan fingerprint density at radius 3 is 2.65 bits per heavy atom. The van der Waals surface area contributed by atoms with Gasteiger partial charge in [-0.1, -0.05) is 26.0 Å². The topological polar surface area (TPSA) is 55.1 Å². The molecule has 4 heteroatoms. The fraction of sp³-hybridized carbons (Fsp3) is 0.462. The van der Waals surface area contributed by atoms with E-state index in [0.717, 1.165) is 0 Å². The molecule has 1 atom stereocenters. The Morgan fingerprint density at radius 1 is 1.47 bits per heavy atom. The van der Waals surface area contributed by atoms with Gasteiger partial charge in [-0.2, -0.15) is 0 Å². The summed E-state index contributed by atoms with van der Waals surface area (Å²) in [7, 11) is 0. The average Bonchev–Trinajstić information content (AvgIpc) is 2.22. The third kappa shape index (κ3) is 3.82. The quantitative estimate of drug-likeness (QED) is 0.846. The molecule has 0 bridgehead atoms. The predicted molar refractivity (Wildman–Crippen MR) is 67.2 cm³/mol. The second kappa shape index (κ2) is 5.77. The third-order valence-electron chi connectivity index (χ3n) is 2.53. The molecule has 0 saturated carbocycles. The van der Waals surface area contributed by atoms with Gasteiger partial charge in [-0.3, -0.25) is 4.79 Å². The van der Waals surface area contributed by atoms with E-state index in [-0.39, 0.29) is 11.6 Å². The molecule has 0 aliphatic carbocycles. The lowest BCUT2D eigenvalue weighted by molar-refractivity contribution is -0.117. The van der Waals surface area contributed by atoms with Crippen LogP contribution in [0.5, 0.6) is 0 Å². The first-order valence-electron chi connectivity index (χ1n) is 5.73. The molecule has 0 unspecified atom stereocenters. The summed E-state index contributed by atoms with van der Waals surface area (Å²) in [5.74, 6) is -0.445. The third-order valence-corrected chi connectivity index (χ3v) is 2.53. The molecule has 17 heavy (non-hydrogen) atoms. The zero-order valence-corrected chi connectivity index (χ0v) is 10.5. The van der Waals surface area contributed by atoms with Crippen molar-refractivity contribution < 1.29 is 9.18 Å². The van der Waals surface area contributed by atoms with Crippen molar-refractivity contribution in [3.8, 4) is 0 Å². The minimum atomic E-state index is -0.603. The normalized spacial score (nSPS) is 12.6. The first-order valence-corrected chi connectivity index (χ1v) is 5.73. The SMILES string of the molecule is Cc1cccc(F)c1NC(=O)[C@@H](N)CC(C)C. The van der Waals surface area contributed by atoms with Gasteiger partial charge < -0.3 is 11.1 Å². The smallest absolute Gasteiger partial charge is 0.241 e. The molecule has 0 aliphatic rings. The maximum atomic E-state index is 13.5. The highest BCUT2D eigenvalue weighted by molar-refractivity contribution is 5.95. The Hall–Kier alpha value is -1.42. The molecule has 1 aromatic rings. The van der Waals surface area contributed by atoms with Crippen LogP contribution in [0, 0.1) is 18.7 Å². The molecule has 0 aliphatic heterocycles. The van der Waals surface area contributed by atoms with Crippen LogP contribution in [-0.2, 0) is 4.79 Å². The van der Waals surface area contributed by atoms with Gasteiger partial charge in [0, 0.05) is 0 Å². The summed E-state index contributed by atoms with van der Waals surface area (Å²) in [4.78, 5) is 11.7. The van der Waals surface area contributed by atoms with Gasteiger partial charge in [0.15, 0.2) is 0 Å². The fourth-order valence-corrected chi connectivity index (χ4v) is 1.62. The number of nitrogens with two attached hydrogens (primary N) is 1. The zero-order valence-electron chi connectivity index (χ0n) is 10.5. The lowest BCUT2D eigenvalue weighted by atomic mass is 10.0. The monoisotopic (exact) mass is 238 g/mol. The lowest BCUT2D eigenvalue weighted by Crippen LogP contribution is -2.37. The molecule has 0 saturated heterocycles. The number of rotatable bonds is 4. The number of benzene rings is 1. The molecule has 94 valence electrons. The van der Waals surface area contributed by atoms with Crippen LogP contribution in [0.25, 0.3) is 0 Å². The van der Waals surface area contributed by atoms with Gasteiger partial charge in [0.2, 0.25) is 5.91 Å². The molecule has 0 spiro atoms. The highest BCUT2D eigenvalue weighted by atomic mass is 19.1. The van der Waals surface area contributed by atoms with Gasteiger partial charge >= 0.3 is 0 Å². The largest absolute Gasteiger partial charge is 0.322 e. The number of nitrogens with one attached hydrogen (secondary N) is 1. The number of amides is 1. The molecular formula is C13H19FN2O. The van der Waals surface area contributed by atoms with Crippen LogP contribution in [0.3, 0.4) is 0 Å². The van der Waals surface area contributed by atoms with E-state index in [9.17, 15) is 9.18 Å². The Bertz CT molecular complexity index is 384. The fourth-order valence-electron chi connectivity index (χ4n) is 1.62. The summed E-state index contributed by atoms with van der Waals surface area (Å²) in [6, 6.07) is 4.06. The van der Waals surface area contributed by atoms with Crippen molar-refractivity contribution >= 4 is 11.6 Å². The number of carbonyl (C=O) groups excluding carboxylic acids is 1. The molecule has 1 rings (SSSR count). The molecule has 0 fully saturated rings. The van der Waals surface area contributed by atoms with Crippen molar-refractivity contribution in [2.75, 3.05) is 5.32 Å². The summed E-state index contributed by atoms with van der Waals surface area (Å²) >= 11 is 0. The van der Waals surface area contributed by atoms with Gasteiger partial charge in [-0.25, -0.2) is 4.39 Å². The Balaban J connectivity index is 2.74. The minimum Gasteiger partial charge on any atom is -0.322 e. The predicted octanol–water partition coefficient (Wildman–Crippen LogP) is 2.45. The van der Waals surface area contributed by atoms with Crippen molar-refractivity contribution in [3.05, 3.63) is 29.6 Å². The van der Waals surface area contributed by atoms with Crippen LogP contribution in [0.1, 0.15) is 25.8 Å². The van der Waals surface area contributed by atoms with Crippen molar-refractivity contribution in [3.63, 3.8) is 0 Å². The van der Waals surface area contributed by atoms with Crippen LogP contribution in [-0.4, -0.2) is 11.9 Å². The summed E-state index contributed by atoms with van der Waals surface area (Å²) < 4.78 is 13.5. The number of para-hydroxylation sites is 1. The van der Waals surface area contributed by atoms with Crippen molar-refractivity contribution in [2.24, 2.45) is 11.7 Å². The molecule has 0 aromatic heterocycles. The van der Waals surface area contributed by atoms with Crippen LogP contribution in [0.2, 0.25) is 0 Å². The lowest BCUT2D eigenvalue weighted by Gasteiger charge is -2.15. The van der Waals surface area contributed by atoms with Crippen LogP contribution < -0.4 is 11.1 Å². The summed E-state index contributed by atoms with van der Waals surface area (Å²) in [6.45, 7) is 5.72. The first kappa shape index (κ1) is 13.6. The van der Waals surface area contributed by atoms with Gasteiger partial charge in [-0.15, -0.1) is 0 Å². The second-order valence-corrected chi connectivity index (χ2v) is 4.66. The number of carbonyl (C=O) groups is 1. The average molecular weight is 238 g/mol. The van der Waals surface area contributed by atoms with Crippen molar-refractivity contribution in [1.82, 2.24) is 0 Å². The summed E-state index contributed by atoms with van der Waals surface area (Å²) in [5.41, 5.74) is 6.64. The molecular weight excluding hydrogens is 219 g/mol. The van der Waals surface area contributed by atoms with E-state index in [4.69, 9.17) is 5.73 Å². The number of hydrogen-bond donors (Lipinski definition) is 2. The van der Waals surface area contributed by atoms with Gasteiger partial charge in [-0.05, 0) is 30.9 Å². The molecule has 0 heterocycles. The maximum Gasteiger partial charge on any atom is 0.241 e.